The molecule has 0 bridgehead atoms. The third-order valence-electron chi connectivity index (χ3n) is 10.7. The summed E-state index contributed by atoms with van der Waals surface area (Å²) in [7, 11) is 0.124. The summed E-state index contributed by atoms with van der Waals surface area (Å²) in [5, 5.41) is 0. The van der Waals surface area contributed by atoms with E-state index in [0.717, 1.165) is 0 Å². The standard InChI is InChI=1S/C40H36B2S2/c1-43(2)41(35-23-11-5-17-29(35)30-18-6-12-24-36(30)41)39-27-15-9-21-33(39)34-22-10-16-28-40(34)42(44(3)4)37-25-13-7-19-31(37)32-20-8-14-26-38(32)42/h5-28H,1-4H3. The first-order valence-electron chi connectivity index (χ1n) is 15.6. The van der Waals surface area contributed by atoms with Gasteiger partial charge in [0.1, 0.15) is 0 Å². The monoisotopic (exact) mass is 602 g/mol. The molecule has 4 heteroatoms. The van der Waals surface area contributed by atoms with Gasteiger partial charge in [-0.1, -0.05) is 179 Å². The fourth-order valence-electron chi connectivity index (χ4n) is 9.11. The van der Waals surface area contributed by atoms with Crippen LogP contribution in [0.5, 0.6) is 0 Å². The molecule has 8 rings (SSSR count). The summed E-state index contributed by atoms with van der Waals surface area (Å²) in [6, 6.07) is 55.6. The second kappa shape index (κ2) is 10.4. The predicted molar refractivity (Wildman–Crippen MR) is 203 cm³/mol. The fraction of sp³-hybridized carbons (Fsp3) is 0.100. The first-order valence-corrected chi connectivity index (χ1v) is 19.8. The summed E-state index contributed by atoms with van der Waals surface area (Å²) in [6.07, 6.45) is 9.86. The quantitative estimate of drug-likeness (QED) is 0.193. The van der Waals surface area contributed by atoms with Crippen molar-refractivity contribution in [2.24, 2.45) is 0 Å². The predicted octanol–water partition coefficient (Wildman–Crippen LogP) is 5.00. The minimum absolute atomic E-state index is 0.0618. The molecule has 0 fully saturated rings. The van der Waals surface area contributed by atoms with Gasteiger partial charge in [0.05, 0.1) is 25.0 Å². The highest BCUT2D eigenvalue weighted by Gasteiger charge is 2.52. The number of rotatable bonds is 5. The molecule has 214 valence electrons. The molecule has 0 spiro atoms. The van der Waals surface area contributed by atoms with Crippen LogP contribution in [0.3, 0.4) is 0 Å². The van der Waals surface area contributed by atoms with E-state index < -0.39 is 10.8 Å². The van der Waals surface area contributed by atoms with Crippen LogP contribution in [-0.2, 0) is 21.5 Å². The summed E-state index contributed by atoms with van der Waals surface area (Å²) in [4.78, 5) is 0. The summed E-state index contributed by atoms with van der Waals surface area (Å²) in [6.45, 7) is 0. The molecule has 6 aromatic rings. The minimum atomic E-state index is -1.20. The van der Waals surface area contributed by atoms with Crippen LogP contribution in [0, 0.1) is 0 Å². The third-order valence-corrected chi connectivity index (χ3v) is 15.0. The van der Waals surface area contributed by atoms with Gasteiger partial charge in [-0.3, -0.25) is 0 Å². The van der Waals surface area contributed by atoms with E-state index in [2.05, 4.69) is 171 Å². The van der Waals surface area contributed by atoms with Crippen LogP contribution in [0.2, 0.25) is 0 Å². The van der Waals surface area contributed by atoms with Gasteiger partial charge in [-0.25, -0.2) is 21.5 Å². The van der Waals surface area contributed by atoms with Crippen LogP contribution in [-0.4, -0.2) is 35.9 Å². The topological polar surface area (TPSA) is 0 Å². The Kier molecular flexibility index (Phi) is 6.52. The van der Waals surface area contributed by atoms with Gasteiger partial charge in [0.15, 0.2) is 0 Å². The first-order chi connectivity index (χ1) is 21.5. The van der Waals surface area contributed by atoms with E-state index in [4.69, 9.17) is 0 Å². The number of hydrogen-bond acceptors (Lipinski definition) is 0. The van der Waals surface area contributed by atoms with Gasteiger partial charge in [-0.05, 0) is 0 Å². The zero-order valence-electron chi connectivity index (χ0n) is 25.8. The summed E-state index contributed by atoms with van der Waals surface area (Å²) < 4.78 is 0. The van der Waals surface area contributed by atoms with E-state index in [9.17, 15) is 0 Å². The third kappa shape index (κ3) is 3.53. The van der Waals surface area contributed by atoms with Crippen molar-refractivity contribution in [1.29, 1.82) is 0 Å². The average Bonchev–Trinajstić information content (AvgIpc) is 3.54. The molecule has 0 aliphatic carbocycles. The Bertz CT molecular complexity index is 1820. The van der Waals surface area contributed by atoms with Gasteiger partial charge in [-0.15, -0.1) is 32.8 Å². The SMILES string of the molecule is C[S+](C)[B-]1(c2ccccc2-c2ccccc2[B-]2([S+](C)C)c3ccccc3-c3ccccc32)c2ccccc2-c2ccccc21. The van der Waals surface area contributed by atoms with Crippen LogP contribution in [0.1, 0.15) is 0 Å². The van der Waals surface area contributed by atoms with Gasteiger partial charge in [0.25, 0.3) is 0 Å². The molecule has 0 N–H and O–H groups in total. The van der Waals surface area contributed by atoms with Crippen molar-refractivity contribution in [3.8, 4) is 33.4 Å². The Morgan fingerprint density at radius 3 is 0.591 bits per heavy atom. The van der Waals surface area contributed by atoms with E-state index in [1.165, 1.54) is 66.2 Å². The van der Waals surface area contributed by atoms with Crippen molar-refractivity contribution < 1.29 is 0 Å². The molecule has 44 heavy (non-hydrogen) atoms. The molecular formula is C40H36B2S2. The zero-order valence-corrected chi connectivity index (χ0v) is 27.5. The van der Waals surface area contributed by atoms with Crippen molar-refractivity contribution in [2.45, 2.75) is 0 Å². The molecule has 0 nitrogen and oxygen atoms in total. The maximum absolute atomic E-state index is 2.46. The van der Waals surface area contributed by atoms with E-state index in [0.29, 0.717) is 0 Å². The molecule has 6 aromatic carbocycles. The number of benzene rings is 6. The molecule has 2 aliphatic rings. The highest BCUT2D eigenvalue weighted by Crippen LogP contribution is 2.36. The molecule has 2 aliphatic heterocycles. The minimum Gasteiger partial charge on any atom is -0.215 e. The molecule has 0 atom stereocenters. The molecule has 0 aromatic heterocycles. The molecule has 0 unspecified atom stereocenters. The van der Waals surface area contributed by atoms with Crippen LogP contribution in [0.25, 0.3) is 33.4 Å². The molecule has 0 radical (unpaired) electrons. The lowest BCUT2D eigenvalue weighted by atomic mass is 9.33. The Balaban J connectivity index is 1.47. The van der Waals surface area contributed by atoms with Crippen LogP contribution in [0.4, 0.5) is 0 Å². The van der Waals surface area contributed by atoms with E-state index in [-0.39, 0.29) is 21.5 Å². The lowest BCUT2D eigenvalue weighted by Crippen LogP contribution is -2.71. The molecule has 0 saturated heterocycles. The zero-order chi connectivity index (χ0) is 30.1. The second-order valence-electron chi connectivity index (χ2n) is 12.9. The van der Waals surface area contributed by atoms with E-state index in [1.807, 2.05) is 0 Å². The number of hydrogen-bond donors (Lipinski definition) is 0. The van der Waals surface area contributed by atoms with Gasteiger partial charge in [-0.2, -0.15) is 0 Å². The van der Waals surface area contributed by atoms with Crippen molar-refractivity contribution in [2.75, 3.05) is 25.0 Å². The molecule has 0 saturated carbocycles. The number of fused-ring (bicyclic) bond motifs is 6. The maximum Gasteiger partial charge on any atom is 0.304 e. The lowest BCUT2D eigenvalue weighted by molar-refractivity contribution is 1.66. The van der Waals surface area contributed by atoms with Gasteiger partial charge >= 0.3 is 10.8 Å². The van der Waals surface area contributed by atoms with Gasteiger partial charge in [0, 0.05) is 0 Å². The Morgan fingerprint density at radius 1 is 0.273 bits per heavy atom. The Morgan fingerprint density at radius 2 is 0.432 bits per heavy atom. The van der Waals surface area contributed by atoms with Gasteiger partial charge < -0.3 is 0 Å². The Hall–Kier alpha value is -3.85. The normalized spacial score (nSPS) is 15.1. The van der Waals surface area contributed by atoms with Crippen molar-refractivity contribution in [1.82, 2.24) is 0 Å². The van der Waals surface area contributed by atoms with E-state index >= 15 is 0 Å². The highest BCUT2D eigenvalue weighted by molar-refractivity contribution is 8.30. The second-order valence-corrected chi connectivity index (χ2v) is 17.8. The first kappa shape index (κ1) is 27.7. The fourth-order valence-corrected chi connectivity index (χ4v) is 13.4. The molecular weight excluding hydrogens is 566 g/mol. The average molecular weight is 602 g/mol. The van der Waals surface area contributed by atoms with Crippen molar-refractivity contribution in [3.63, 3.8) is 0 Å². The van der Waals surface area contributed by atoms with Crippen LogP contribution in [0.15, 0.2) is 146 Å². The largest absolute Gasteiger partial charge is 0.304 e. The summed E-state index contributed by atoms with van der Waals surface area (Å²) in [5.74, 6) is 0. The van der Waals surface area contributed by atoms with Crippen molar-refractivity contribution >= 4 is 65.1 Å². The van der Waals surface area contributed by atoms with Gasteiger partial charge in [0.2, 0.25) is 0 Å². The summed E-state index contributed by atoms with van der Waals surface area (Å²) >= 11 is 0. The maximum atomic E-state index is 2.46. The van der Waals surface area contributed by atoms with Crippen LogP contribution >= 0.6 is 0 Å². The highest BCUT2D eigenvalue weighted by atomic mass is 32.2. The Labute approximate surface area is 267 Å². The summed E-state index contributed by atoms with van der Waals surface area (Å²) in [5.41, 5.74) is 14.9. The molecule has 0 amide bonds. The lowest BCUT2D eigenvalue weighted by Gasteiger charge is -2.40. The molecule has 2 heterocycles. The van der Waals surface area contributed by atoms with E-state index in [1.54, 1.807) is 0 Å². The van der Waals surface area contributed by atoms with Crippen LogP contribution < -0.4 is 32.8 Å². The van der Waals surface area contributed by atoms with Crippen molar-refractivity contribution in [3.05, 3.63) is 146 Å². The smallest absolute Gasteiger partial charge is 0.215 e.